The number of aromatic nitrogens is 2. The molecule has 0 unspecified atom stereocenters. The van der Waals surface area contributed by atoms with Gasteiger partial charge in [0, 0.05) is 12.7 Å². The first kappa shape index (κ1) is 10.8. The summed E-state index contributed by atoms with van der Waals surface area (Å²) in [6, 6.07) is 12.3. The molecular weight excluding hydrogens is 229 g/mol. The number of nitrogens with zero attached hydrogens (tertiary/aromatic N) is 2. The summed E-state index contributed by atoms with van der Waals surface area (Å²) in [7, 11) is 1.86. The Labute approximate surface area is 104 Å². The van der Waals surface area contributed by atoms with Gasteiger partial charge in [-0.3, -0.25) is 0 Å². The number of aryl methyl sites for hydroxylation is 1. The minimum Gasteiger partial charge on any atom is -0.398 e. The van der Waals surface area contributed by atoms with E-state index in [0.29, 0.717) is 17.1 Å². The van der Waals surface area contributed by atoms with Crippen molar-refractivity contribution >= 4 is 16.7 Å². The van der Waals surface area contributed by atoms with Crippen molar-refractivity contribution in [3.8, 4) is 11.4 Å². The predicted molar refractivity (Wildman–Crippen MR) is 70.5 cm³/mol. The van der Waals surface area contributed by atoms with Gasteiger partial charge in [-0.25, -0.2) is 9.37 Å². The molecule has 3 aromatic rings. The van der Waals surface area contributed by atoms with Crippen LogP contribution >= 0.6 is 0 Å². The Balaban J connectivity index is 2.36. The van der Waals surface area contributed by atoms with Crippen LogP contribution in [0.4, 0.5) is 10.1 Å². The molecule has 18 heavy (non-hydrogen) atoms. The molecule has 3 nitrogen and oxygen atoms in total. The third-order valence-corrected chi connectivity index (χ3v) is 3.06. The second-order valence-corrected chi connectivity index (χ2v) is 4.19. The van der Waals surface area contributed by atoms with Crippen LogP contribution in [0.15, 0.2) is 42.5 Å². The van der Waals surface area contributed by atoms with E-state index in [1.807, 2.05) is 35.9 Å². The number of para-hydroxylation sites is 2. The molecule has 4 heteroatoms. The topological polar surface area (TPSA) is 43.8 Å². The van der Waals surface area contributed by atoms with E-state index in [-0.39, 0.29) is 5.82 Å². The summed E-state index contributed by atoms with van der Waals surface area (Å²) < 4.78 is 15.8. The quantitative estimate of drug-likeness (QED) is 0.666. The normalized spacial score (nSPS) is 11.0. The molecule has 0 aliphatic carbocycles. The Kier molecular flexibility index (Phi) is 2.30. The fourth-order valence-electron chi connectivity index (χ4n) is 2.15. The fraction of sp³-hybridized carbons (Fsp3) is 0.0714. The summed E-state index contributed by atoms with van der Waals surface area (Å²) in [5, 5.41) is 0. The zero-order valence-electron chi connectivity index (χ0n) is 9.89. The summed E-state index contributed by atoms with van der Waals surface area (Å²) in [6.45, 7) is 0. The average molecular weight is 241 g/mol. The Hall–Kier alpha value is -2.36. The van der Waals surface area contributed by atoms with Crippen LogP contribution in [0.3, 0.4) is 0 Å². The van der Waals surface area contributed by atoms with Crippen molar-refractivity contribution in [1.82, 2.24) is 9.55 Å². The van der Waals surface area contributed by atoms with Gasteiger partial charge in [-0.15, -0.1) is 0 Å². The molecule has 90 valence electrons. The van der Waals surface area contributed by atoms with Crippen molar-refractivity contribution in [2.75, 3.05) is 5.73 Å². The minimum absolute atomic E-state index is 0.353. The van der Waals surface area contributed by atoms with E-state index in [1.54, 1.807) is 12.1 Å². The van der Waals surface area contributed by atoms with Gasteiger partial charge in [0.25, 0.3) is 0 Å². The van der Waals surface area contributed by atoms with Crippen LogP contribution in [0.25, 0.3) is 22.4 Å². The molecule has 0 aliphatic heterocycles. The zero-order chi connectivity index (χ0) is 12.7. The molecule has 3 rings (SSSR count). The number of benzene rings is 2. The highest BCUT2D eigenvalue weighted by Gasteiger charge is 2.15. The van der Waals surface area contributed by atoms with Gasteiger partial charge in [-0.2, -0.15) is 0 Å². The molecule has 1 heterocycles. The number of anilines is 1. The van der Waals surface area contributed by atoms with Gasteiger partial charge in [0.2, 0.25) is 0 Å². The van der Waals surface area contributed by atoms with Crippen LogP contribution < -0.4 is 5.73 Å². The molecular formula is C14H12FN3. The van der Waals surface area contributed by atoms with Gasteiger partial charge in [-0.05, 0) is 24.3 Å². The number of fused-ring (bicyclic) bond motifs is 1. The SMILES string of the molecule is Cn1c(-c2c(N)cccc2F)nc2ccccc21. The van der Waals surface area contributed by atoms with Gasteiger partial charge in [0.1, 0.15) is 11.6 Å². The first-order valence-electron chi connectivity index (χ1n) is 5.64. The fourth-order valence-corrected chi connectivity index (χ4v) is 2.15. The van der Waals surface area contributed by atoms with Crippen LogP contribution in [-0.2, 0) is 7.05 Å². The van der Waals surface area contributed by atoms with Crippen molar-refractivity contribution in [2.45, 2.75) is 0 Å². The lowest BCUT2D eigenvalue weighted by Gasteiger charge is -2.06. The average Bonchev–Trinajstić information content (AvgIpc) is 2.68. The van der Waals surface area contributed by atoms with Crippen molar-refractivity contribution in [2.24, 2.45) is 7.05 Å². The van der Waals surface area contributed by atoms with Crippen LogP contribution in [0.1, 0.15) is 0 Å². The van der Waals surface area contributed by atoms with Gasteiger partial charge < -0.3 is 10.3 Å². The molecule has 0 radical (unpaired) electrons. The maximum atomic E-state index is 13.9. The molecule has 0 amide bonds. The first-order chi connectivity index (χ1) is 8.68. The molecule has 0 aliphatic rings. The standard InChI is InChI=1S/C14H12FN3/c1-18-12-8-3-2-7-11(12)17-14(18)13-9(15)5-4-6-10(13)16/h2-8H,16H2,1H3. The maximum absolute atomic E-state index is 13.9. The number of halogens is 1. The molecule has 0 spiro atoms. The molecule has 0 saturated heterocycles. The number of nitrogens with two attached hydrogens (primary N) is 1. The Morgan fingerprint density at radius 3 is 2.61 bits per heavy atom. The minimum atomic E-state index is -0.353. The predicted octanol–water partition coefficient (Wildman–Crippen LogP) is 2.96. The Bertz CT molecular complexity index is 711. The van der Waals surface area contributed by atoms with E-state index in [2.05, 4.69) is 4.98 Å². The maximum Gasteiger partial charge on any atom is 0.145 e. The highest BCUT2D eigenvalue weighted by atomic mass is 19.1. The summed E-state index contributed by atoms with van der Waals surface area (Å²) in [5.74, 6) is 0.195. The lowest BCUT2D eigenvalue weighted by atomic mass is 10.1. The van der Waals surface area contributed by atoms with Crippen LogP contribution in [-0.4, -0.2) is 9.55 Å². The summed E-state index contributed by atoms with van der Waals surface area (Å²) >= 11 is 0. The summed E-state index contributed by atoms with van der Waals surface area (Å²) in [4.78, 5) is 4.45. The van der Waals surface area contributed by atoms with Crippen molar-refractivity contribution in [1.29, 1.82) is 0 Å². The van der Waals surface area contributed by atoms with Gasteiger partial charge in [-0.1, -0.05) is 18.2 Å². The van der Waals surface area contributed by atoms with Gasteiger partial charge in [0.05, 0.1) is 16.6 Å². The van der Waals surface area contributed by atoms with E-state index in [4.69, 9.17) is 5.73 Å². The lowest BCUT2D eigenvalue weighted by molar-refractivity contribution is 0.629. The molecule has 0 saturated carbocycles. The summed E-state index contributed by atoms with van der Waals surface area (Å²) in [5.41, 5.74) is 8.39. The number of hydrogen-bond donors (Lipinski definition) is 1. The molecule has 0 atom stereocenters. The third-order valence-electron chi connectivity index (χ3n) is 3.06. The van der Waals surface area contributed by atoms with Crippen molar-refractivity contribution < 1.29 is 4.39 Å². The number of nitrogen functional groups attached to an aromatic ring is 1. The Morgan fingerprint density at radius 2 is 1.89 bits per heavy atom. The third kappa shape index (κ3) is 1.46. The van der Waals surface area contributed by atoms with E-state index >= 15 is 0 Å². The van der Waals surface area contributed by atoms with Crippen LogP contribution in [0.2, 0.25) is 0 Å². The summed E-state index contributed by atoms with van der Waals surface area (Å²) in [6.07, 6.45) is 0. The lowest BCUT2D eigenvalue weighted by Crippen LogP contribution is -1.99. The van der Waals surface area contributed by atoms with Gasteiger partial charge >= 0.3 is 0 Å². The number of hydrogen-bond acceptors (Lipinski definition) is 2. The first-order valence-corrected chi connectivity index (χ1v) is 5.64. The Morgan fingerprint density at radius 1 is 1.11 bits per heavy atom. The monoisotopic (exact) mass is 241 g/mol. The highest BCUT2D eigenvalue weighted by Crippen LogP contribution is 2.30. The number of imidazole rings is 1. The van der Waals surface area contributed by atoms with E-state index in [1.165, 1.54) is 6.07 Å². The number of rotatable bonds is 1. The van der Waals surface area contributed by atoms with Crippen LogP contribution in [0, 0.1) is 5.82 Å². The zero-order valence-corrected chi connectivity index (χ0v) is 9.89. The van der Waals surface area contributed by atoms with E-state index in [9.17, 15) is 4.39 Å². The largest absolute Gasteiger partial charge is 0.398 e. The second-order valence-electron chi connectivity index (χ2n) is 4.19. The molecule has 2 aromatic carbocycles. The molecule has 1 aromatic heterocycles. The van der Waals surface area contributed by atoms with E-state index < -0.39 is 0 Å². The van der Waals surface area contributed by atoms with Crippen molar-refractivity contribution in [3.05, 3.63) is 48.3 Å². The van der Waals surface area contributed by atoms with Gasteiger partial charge in [0.15, 0.2) is 0 Å². The van der Waals surface area contributed by atoms with Crippen LogP contribution in [0.5, 0.6) is 0 Å². The van der Waals surface area contributed by atoms with E-state index in [0.717, 1.165) is 11.0 Å². The highest BCUT2D eigenvalue weighted by molar-refractivity contribution is 5.83. The molecule has 0 fully saturated rings. The smallest absolute Gasteiger partial charge is 0.145 e. The van der Waals surface area contributed by atoms with Crippen molar-refractivity contribution in [3.63, 3.8) is 0 Å². The molecule has 2 N–H and O–H groups in total. The molecule has 0 bridgehead atoms. The second kappa shape index (κ2) is 3.84.